The van der Waals surface area contributed by atoms with Gasteiger partial charge in [-0.2, -0.15) is 0 Å². The number of ether oxygens (including phenoxy) is 1. The first-order chi connectivity index (χ1) is 10.8. The lowest BCUT2D eigenvalue weighted by molar-refractivity contribution is -0.149. The van der Waals surface area contributed by atoms with Crippen LogP contribution in [-0.4, -0.2) is 41.9 Å². The van der Waals surface area contributed by atoms with Gasteiger partial charge in [-0.05, 0) is 19.4 Å². The Labute approximate surface area is 135 Å². The van der Waals surface area contributed by atoms with Crippen molar-refractivity contribution in [1.29, 1.82) is 0 Å². The van der Waals surface area contributed by atoms with E-state index < -0.39 is 17.4 Å². The van der Waals surface area contributed by atoms with Crippen LogP contribution in [0, 0.1) is 5.92 Å². The summed E-state index contributed by atoms with van der Waals surface area (Å²) in [6.07, 6.45) is 0.163. The molecule has 124 valence electrons. The van der Waals surface area contributed by atoms with Crippen molar-refractivity contribution in [2.75, 3.05) is 13.7 Å². The smallest absolute Gasteiger partial charge is 0.330 e. The Balaban J connectivity index is 1.96. The number of esters is 1. The zero-order chi connectivity index (χ0) is 17.0. The van der Waals surface area contributed by atoms with E-state index in [4.69, 9.17) is 0 Å². The SMILES string of the molecule is COC(=O)C(C)(C)NC(=O)C1CC(=O)N(Cc2ccccc2)C1. The summed E-state index contributed by atoms with van der Waals surface area (Å²) in [5, 5.41) is 2.66. The maximum absolute atomic E-state index is 12.3. The summed E-state index contributed by atoms with van der Waals surface area (Å²) in [6.45, 7) is 4.01. The van der Waals surface area contributed by atoms with Crippen LogP contribution in [0.3, 0.4) is 0 Å². The van der Waals surface area contributed by atoms with E-state index in [-0.39, 0.29) is 18.2 Å². The monoisotopic (exact) mass is 318 g/mol. The fourth-order valence-corrected chi connectivity index (χ4v) is 2.62. The Kier molecular flexibility index (Phi) is 5.03. The zero-order valence-corrected chi connectivity index (χ0v) is 13.7. The maximum atomic E-state index is 12.3. The molecule has 1 N–H and O–H groups in total. The minimum absolute atomic E-state index is 0.0510. The van der Waals surface area contributed by atoms with Crippen LogP contribution in [0.4, 0.5) is 0 Å². The molecule has 0 radical (unpaired) electrons. The molecule has 6 heteroatoms. The van der Waals surface area contributed by atoms with E-state index in [2.05, 4.69) is 10.1 Å². The van der Waals surface area contributed by atoms with E-state index in [1.807, 2.05) is 30.3 Å². The topological polar surface area (TPSA) is 75.7 Å². The predicted molar refractivity (Wildman–Crippen MR) is 84.2 cm³/mol. The Hall–Kier alpha value is -2.37. The van der Waals surface area contributed by atoms with Crippen molar-refractivity contribution < 1.29 is 19.1 Å². The van der Waals surface area contributed by atoms with Crippen molar-refractivity contribution in [2.45, 2.75) is 32.4 Å². The minimum Gasteiger partial charge on any atom is -0.467 e. The first kappa shape index (κ1) is 17.0. The molecule has 1 aliphatic rings. The molecular weight excluding hydrogens is 296 g/mol. The van der Waals surface area contributed by atoms with Gasteiger partial charge in [0.2, 0.25) is 11.8 Å². The molecule has 1 aromatic carbocycles. The molecule has 1 saturated heterocycles. The molecule has 2 rings (SSSR count). The quantitative estimate of drug-likeness (QED) is 0.825. The van der Waals surface area contributed by atoms with Crippen LogP contribution in [0.5, 0.6) is 0 Å². The molecule has 1 heterocycles. The highest BCUT2D eigenvalue weighted by Gasteiger charge is 2.38. The molecule has 23 heavy (non-hydrogen) atoms. The summed E-state index contributed by atoms with van der Waals surface area (Å²) in [4.78, 5) is 37.7. The summed E-state index contributed by atoms with van der Waals surface area (Å²) < 4.78 is 4.67. The van der Waals surface area contributed by atoms with Crippen LogP contribution < -0.4 is 5.32 Å². The third-order valence-electron chi connectivity index (χ3n) is 3.93. The Morgan fingerprint density at radius 1 is 1.30 bits per heavy atom. The molecule has 0 saturated carbocycles. The molecule has 6 nitrogen and oxygen atoms in total. The Morgan fingerprint density at radius 3 is 2.57 bits per heavy atom. The second kappa shape index (κ2) is 6.81. The third kappa shape index (κ3) is 4.09. The third-order valence-corrected chi connectivity index (χ3v) is 3.93. The summed E-state index contributed by atoms with van der Waals surface area (Å²) in [5.41, 5.74) is -0.0846. The summed E-state index contributed by atoms with van der Waals surface area (Å²) in [7, 11) is 1.27. The average Bonchev–Trinajstić information content (AvgIpc) is 2.88. The van der Waals surface area contributed by atoms with Crippen molar-refractivity contribution in [2.24, 2.45) is 5.92 Å². The number of amides is 2. The van der Waals surface area contributed by atoms with Gasteiger partial charge in [-0.25, -0.2) is 4.79 Å². The fraction of sp³-hybridized carbons (Fsp3) is 0.471. The minimum atomic E-state index is -1.11. The number of benzene rings is 1. The number of methoxy groups -OCH3 is 1. The van der Waals surface area contributed by atoms with Gasteiger partial charge in [0.1, 0.15) is 5.54 Å². The summed E-state index contributed by atoms with van der Waals surface area (Å²) >= 11 is 0. The number of carbonyl (C=O) groups excluding carboxylic acids is 3. The lowest BCUT2D eigenvalue weighted by Gasteiger charge is -2.25. The van der Waals surface area contributed by atoms with E-state index in [0.717, 1.165) is 5.56 Å². The number of carbonyl (C=O) groups is 3. The summed E-state index contributed by atoms with van der Waals surface area (Å²) in [5.74, 6) is -1.32. The summed E-state index contributed by atoms with van der Waals surface area (Å²) in [6, 6.07) is 9.64. The molecule has 0 aromatic heterocycles. The van der Waals surface area contributed by atoms with Gasteiger partial charge in [-0.15, -0.1) is 0 Å². The second-order valence-electron chi connectivity index (χ2n) is 6.27. The number of nitrogens with zero attached hydrogens (tertiary/aromatic N) is 1. The molecule has 0 aliphatic carbocycles. The maximum Gasteiger partial charge on any atom is 0.330 e. The number of likely N-dealkylation sites (tertiary alicyclic amines) is 1. The highest BCUT2D eigenvalue weighted by molar-refractivity contribution is 5.92. The Morgan fingerprint density at radius 2 is 1.96 bits per heavy atom. The molecular formula is C17H22N2O4. The van der Waals surface area contributed by atoms with Gasteiger partial charge in [0.15, 0.2) is 0 Å². The van der Waals surface area contributed by atoms with Crippen LogP contribution in [-0.2, 0) is 25.7 Å². The van der Waals surface area contributed by atoms with Crippen molar-refractivity contribution >= 4 is 17.8 Å². The first-order valence-corrected chi connectivity index (χ1v) is 7.55. The van der Waals surface area contributed by atoms with E-state index in [9.17, 15) is 14.4 Å². The number of hydrogen-bond donors (Lipinski definition) is 1. The van der Waals surface area contributed by atoms with Gasteiger partial charge in [0, 0.05) is 19.5 Å². The van der Waals surface area contributed by atoms with Crippen LogP contribution in [0.1, 0.15) is 25.8 Å². The molecule has 1 fully saturated rings. The molecule has 1 aliphatic heterocycles. The van der Waals surface area contributed by atoms with Gasteiger partial charge in [-0.1, -0.05) is 30.3 Å². The predicted octanol–water partition coefficient (Wildman–Crippen LogP) is 1.10. The van der Waals surface area contributed by atoms with Gasteiger partial charge >= 0.3 is 5.97 Å². The van der Waals surface area contributed by atoms with Crippen LogP contribution in [0.15, 0.2) is 30.3 Å². The second-order valence-corrected chi connectivity index (χ2v) is 6.27. The molecule has 0 bridgehead atoms. The number of nitrogens with one attached hydrogen (secondary N) is 1. The van der Waals surface area contributed by atoms with Crippen molar-refractivity contribution in [3.8, 4) is 0 Å². The van der Waals surface area contributed by atoms with Crippen molar-refractivity contribution in [3.05, 3.63) is 35.9 Å². The van der Waals surface area contributed by atoms with Gasteiger partial charge in [0.25, 0.3) is 0 Å². The lowest BCUT2D eigenvalue weighted by atomic mass is 10.0. The van der Waals surface area contributed by atoms with E-state index >= 15 is 0 Å². The standard InChI is InChI=1S/C17H22N2O4/c1-17(2,16(22)23-3)18-15(21)13-9-14(20)19(11-13)10-12-7-5-4-6-8-12/h4-8,13H,9-11H2,1-3H3,(H,18,21). The Bertz CT molecular complexity index is 598. The molecule has 1 aromatic rings. The molecule has 1 atom stereocenters. The van der Waals surface area contributed by atoms with E-state index in [0.29, 0.717) is 13.1 Å². The molecule has 2 amide bonds. The number of rotatable bonds is 5. The fourth-order valence-electron chi connectivity index (χ4n) is 2.62. The zero-order valence-electron chi connectivity index (χ0n) is 13.7. The molecule has 0 spiro atoms. The lowest BCUT2D eigenvalue weighted by Crippen LogP contribution is -2.52. The average molecular weight is 318 g/mol. The van der Waals surface area contributed by atoms with E-state index in [1.165, 1.54) is 7.11 Å². The van der Waals surface area contributed by atoms with Crippen molar-refractivity contribution in [1.82, 2.24) is 10.2 Å². The molecule has 1 unspecified atom stereocenters. The van der Waals surface area contributed by atoms with Crippen molar-refractivity contribution in [3.63, 3.8) is 0 Å². The highest BCUT2D eigenvalue weighted by atomic mass is 16.5. The van der Waals surface area contributed by atoms with Gasteiger partial charge < -0.3 is 15.0 Å². The van der Waals surface area contributed by atoms with Gasteiger partial charge in [0.05, 0.1) is 13.0 Å². The normalized spacial score (nSPS) is 18.0. The van der Waals surface area contributed by atoms with Gasteiger partial charge in [-0.3, -0.25) is 9.59 Å². The van der Waals surface area contributed by atoms with Crippen LogP contribution in [0.25, 0.3) is 0 Å². The number of hydrogen-bond acceptors (Lipinski definition) is 4. The largest absolute Gasteiger partial charge is 0.467 e. The van der Waals surface area contributed by atoms with Crippen LogP contribution >= 0.6 is 0 Å². The first-order valence-electron chi connectivity index (χ1n) is 7.55. The highest BCUT2D eigenvalue weighted by Crippen LogP contribution is 2.21. The van der Waals surface area contributed by atoms with Crippen LogP contribution in [0.2, 0.25) is 0 Å². The van der Waals surface area contributed by atoms with E-state index in [1.54, 1.807) is 18.7 Å².